The van der Waals surface area contributed by atoms with Crippen LogP contribution in [0.1, 0.15) is 58.3 Å². The zero-order chi connectivity index (χ0) is 20.5. The largest absolute Gasteiger partial charge is 0.353 e. The first-order valence-electron chi connectivity index (χ1n) is 10.00. The van der Waals surface area contributed by atoms with Crippen LogP contribution in [0, 0.1) is 11.7 Å². The second-order valence-electron chi connectivity index (χ2n) is 7.49. The molecular weight excluding hydrogens is 375 g/mol. The van der Waals surface area contributed by atoms with Gasteiger partial charge in [-0.3, -0.25) is 4.79 Å². The summed E-state index contributed by atoms with van der Waals surface area (Å²) in [5.74, 6) is 0.966. The Morgan fingerprint density at radius 2 is 1.93 bits per heavy atom. The maximum Gasteiger partial charge on any atom is 0.221 e. The van der Waals surface area contributed by atoms with Gasteiger partial charge < -0.3 is 10.2 Å². The molecule has 1 aromatic carbocycles. The summed E-state index contributed by atoms with van der Waals surface area (Å²) >= 11 is 1.36. The molecule has 2 rings (SSSR count). The number of hydrogen-bond acceptors (Lipinski definition) is 5. The van der Waals surface area contributed by atoms with Crippen molar-refractivity contribution in [3.8, 4) is 0 Å². The normalized spacial score (nSPS) is 12.2. The molecule has 0 aliphatic heterocycles. The van der Waals surface area contributed by atoms with Crippen molar-refractivity contribution in [3.63, 3.8) is 0 Å². The standard InChI is InChI=1S/C21H31FN4OS/c1-5-6-12-26(13-11-20(27)23-16(4)15(2)3)21-24-19(25-28-21)14-17-7-9-18(22)10-8-17/h7-10,15-16H,5-6,11-14H2,1-4H3,(H,23,27). The van der Waals surface area contributed by atoms with E-state index >= 15 is 0 Å². The highest BCUT2D eigenvalue weighted by atomic mass is 32.1. The van der Waals surface area contributed by atoms with Gasteiger partial charge >= 0.3 is 0 Å². The van der Waals surface area contributed by atoms with E-state index in [-0.39, 0.29) is 17.8 Å². The van der Waals surface area contributed by atoms with Gasteiger partial charge in [-0.1, -0.05) is 39.3 Å². The van der Waals surface area contributed by atoms with E-state index in [1.54, 1.807) is 12.1 Å². The van der Waals surface area contributed by atoms with E-state index in [1.165, 1.54) is 23.7 Å². The third kappa shape index (κ3) is 7.19. The van der Waals surface area contributed by atoms with Crippen LogP contribution in [0.3, 0.4) is 0 Å². The van der Waals surface area contributed by atoms with E-state index in [0.717, 1.165) is 35.9 Å². The summed E-state index contributed by atoms with van der Waals surface area (Å²) in [6.45, 7) is 9.86. The minimum atomic E-state index is -0.244. The van der Waals surface area contributed by atoms with Crippen LogP contribution in [0.4, 0.5) is 9.52 Å². The Balaban J connectivity index is 1.97. The molecule has 5 nitrogen and oxygen atoms in total. The molecule has 154 valence electrons. The van der Waals surface area contributed by atoms with E-state index in [0.29, 0.717) is 25.3 Å². The monoisotopic (exact) mass is 406 g/mol. The Morgan fingerprint density at radius 1 is 1.21 bits per heavy atom. The summed E-state index contributed by atoms with van der Waals surface area (Å²) < 4.78 is 17.5. The van der Waals surface area contributed by atoms with E-state index < -0.39 is 0 Å². The highest BCUT2D eigenvalue weighted by Gasteiger charge is 2.16. The number of benzene rings is 1. The number of nitrogens with zero attached hydrogens (tertiary/aromatic N) is 3. The van der Waals surface area contributed by atoms with Gasteiger partial charge in [0, 0.05) is 43.5 Å². The molecule has 1 heterocycles. The van der Waals surface area contributed by atoms with Crippen LogP contribution in [0.25, 0.3) is 0 Å². The van der Waals surface area contributed by atoms with Crippen LogP contribution in [0.15, 0.2) is 24.3 Å². The van der Waals surface area contributed by atoms with Gasteiger partial charge in [0.15, 0.2) is 0 Å². The zero-order valence-electron chi connectivity index (χ0n) is 17.2. The van der Waals surface area contributed by atoms with Crippen LogP contribution in [0.2, 0.25) is 0 Å². The van der Waals surface area contributed by atoms with Gasteiger partial charge in [-0.25, -0.2) is 9.37 Å². The van der Waals surface area contributed by atoms with Crippen molar-refractivity contribution in [2.24, 2.45) is 5.92 Å². The minimum absolute atomic E-state index is 0.0683. The zero-order valence-corrected chi connectivity index (χ0v) is 18.1. The Hall–Kier alpha value is -2.02. The highest BCUT2D eigenvalue weighted by molar-refractivity contribution is 7.09. The lowest BCUT2D eigenvalue weighted by Crippen LogP contribution is -2.38. The van der Waals surface area contributed by atoms with Crippen molar-refractivity contribution in [1.82, 2.24) is 14.7 Å². The molecule has 0 spiro atoms. The van der Waals surface area contributed by atoms with E-state index in [9.17, 15) is 9.18 Å². The molecule has 0 bridgehead atoms. The first-order chi connectivity index (χ1) is 13.4. The average molecular weight is 407 g/mol. The Bertz CT molecular complexity index is 732. The Kier molecular flexibility index (Phi) is 8.83. The topological polar surface area (TPSA) is 58.1 Å². The number of carbonyl (C=O) groups is 1. The molecule has 0 radical (unpaired) electrons. The number of nitrogens with one attached hydrogen (secondary N) is 1. The average Bonchev–Trinajstić information content (AvgIpc) is 3.12. The SMILES string of the molecule is CCCCN(CCC(=O)NC(C)C(C)C)c1nc(Cc2ccc(F)cc2)ns1. The molecule has 1 aromatic heterocycles. The third-order valence-corrected chi connectivity index (χ3v) is 5.60. The van der Waals surface area contributed by atoms with Gasteiger partial charge in [0.2, 0.25) is 11.0 Å². The number of hydrogen-bond donors (Lipinski definition) is 1. The van der Waals surface area contributed by atoms with Crippen molar-refractivity contribution in [2.75, 3.05) is 18.0 Å². The fourth-order valence-corrected chi connectivity index (χ4v) is 3.35. The molecule has 0 fully saturated rings. The molecule has 7 heteroatoms. The van der Waals surface area contributed by atoms with Gasteiger partial charge in [-0.05, 0) is 37.0 Å². The highest BCUT2D eigenvalue weighted by Crippen LogP contribution is 2.20. The van der Waals surface area contributed by atoms with Crippen molar-refractivity contribution in [1.29, 1.82) is 0 Å². The molecule has 0 aliphatic rings. The molecule has 0 saturated carbocycles. The molecule has 28 heavy (non-hydrogen) atoms. The predicted molar refractivity (Wildman–Crippen MR) is 113 cm³/mol. The number of carbonyl (C=O) groups excluding carboxylic acids is 1. The first kappa shape index (κ1) is 22.3. The molecule has 2 aromatic rings. The first-order valence-corrected chi connectivity index (χ1v) is 10.8. The molecule has 1 unspecified atom stereocenters. The van der Waals surface area contributed by atoms with Crippen LogP contribution < -0.4 is 10.2 Å². The molecule has 0 aliphatic carbocycles. The smallest absolute Gasteiger partial charge is 0.221 e. The van der Waals surface area contributed by atoms with Crippen LogP contribution in [-0.2, 0) is 11.2 Å². The number of aromatic nitrogens is 2. The van der Waals surface area contributed by atoms with Gasteiger partial charge in [-0.2, -0.15) is 4.37 Å². The quantitative estimate of drug-likeness (QED) is 0.600. The molecular formula is C21H31FN4OS. The Morgan fingerprint density at radius 3 is 2.57 bits per heavy atom. The number of halogens is 1. The molecule has 1 N–H and O–H groups in total. The minimum Gasteiger partial charge on any atom is -0.353 e. The predicted octanol–water partition coefficient (Wildman–Crippen LogP) is 4.43. The fourth-order valence-electron chi connectivity index (χ4n) is 2.61. The van der Waals surface area contributed by atoms with Crippen molar-refractivity contribution in [3.05, 3.63) is 41.5 Å². The summed E-state index contributed by atoms with van der Waals surface area (Å²) in [6, 6.07) is 6.58. The van der Waals surface area contributed by atoms with Crippen molar-refractivity contribution < 1.29 is 9.18 Å². The lowest BCUT2D eigenvalue weighted by Gasteiger charge is -2.22. The maximum absolute atomic E-state index is 13.1. The summed E-state index contributed by atoms with van der Waals surface area (Å²) in [5.41, 5.74) is 0.980. The van der Waals surface area contributed by atoms with E-state index in [4.69, 9.17) is 0 Å². The number of unbranched alkanes of at least 4 members (excludes halogenated alkanes) is 1. The van der Waals surface area contributed by atoms with Crippen molar-refractivity contribution >= 4 is 22.6 Å². The molecule has 1 amide bonds. The van der Waals surface area contributed by atoms with Gasteiger partial charge in [0.1, 0.15) is 11.6 Å². The summed E-state index contributed by atoms with van der Waals surface area (Å²) in [6.07, 6.45) is 3.13. The second-order valence-corrected chi connectivity index (χ2v) is 8.22. The third-order valence-electron chi connectivity index (χ3n) is 4.78. The van der Waals surface area contributed by atoms with Crippen molar-refractivity contribution in [2.45, 2.75) is 59.4 Å². The molecule has 0 saturated heterocycles. The summed E-state index contributed by atoms with van der Waals surface area (Å²) in [7, 11) is 0. The maximum atomic E-state index is 13.1. The molecule has 1 atom stereocenters. The Labute approximate surface area is 171 Å². The number of rotatable bonds is 11. The number of amides is 1. The lowest BCUT2D eigenvalue weighted by atomic mass is 10.1. The van der Waals surface area contributed by atoms with Gasteiger partial charge in [0.05, 0.1) is 0 Å². The number of anilines is 1. The van der Waals surface area contributed by atoms with E-state index in [2.05, 4.69) is 40.3 Å². The van der Waals surface area contributed by atoms with Crippen LogP contribution in [0.5, 0.6) is 0 Å². The lowest BCUT2D eigenvalue weighted by molar-refractivity contribution is -0.121. The van der Waals surface area contributed by atoms with E-state index in [1.807, 2.05) is 6.92 Å². The van der Waals surface area contributed by atoms with Crippen LogP contribution >= 0.6 is 11.5 Å². The summed E-state index contributed by atoms with van der Waals surface area (Å²) in [4.78, 5) is 19.0. The van der Waals surface area contributed by atoms with Gasteiger partial charge in [-0.15, -0.1) is 0 Å². The summed E-state index contributed by atoms with van der Waals surface area (Å²) in [5, 5.41) is 3.90. The second kappa shape index (κ2) is 11.1. The fraction of sp³-hybridized carbons (Fsp3) is 0.571. The van der Waals surface area contributed by atoms with Crippen LogP contribution in [-0.4, -0.2) is 34.4 Å². The van der Waals surface area contributed by atoms with Gasteiger partial charge in [0.25, 0.3) is 0 Å².